The molecule has 0 bridgehead atoms. The minimum absolute atomic E-state index is 0.0694. The van der Waals surface area contributed by atoms with Gasteiger partial charge in [-0.2, -0.15) is 0 Å². The number of nitrogens with zero attached hydrogens (tertiary/aromatic N) is 1. The third kappa shape index (κ3) is 2.51. The van der Waals surface area contributed by atoms with Crippen molar-refractivity contribution in [1.29, 1.82) is 0 Å². The van der Waals surface area contributed by atoms with E-state index in [1.165, 1.54) is 4.90 Å². The molecule has 2 saturated heterocycles. The fourth-order valence-corrected chi connectivity index (χ4v) is 2.39. The molecule has 2 aliphatic rings. The third-order valence-corrected chi connectivity index (χ3v) is 3.68. The van der Waals surface area contributed by atoms with Crippen LogP contribution in [-0.4, -0.2) is 42.1 Å². The fraction of sp³-hybridized carbons (Fsp3) is 0.846. The van der Waals surface area contributed by atoms with Crippen LogP contribution in [0.3, 0.4) is 0 Å². The summed E-state index contributed by atoms with van der Waals surface area (Å²) in [5, 5.41) is 2.86. The number of carbonyl (C=O) groups excluding carboxylic acids is 2. The molecule has 2 fully saturated rings. The Morgan fingerprint density at radius 1 is 1.28 bits per heavy atom. The lowest BCUT2D eigenvalue weighted by Gasteiger charge is -2.30. The Morgan fingerprint density at radius 3 is 2.44 bits per heavy atom. The van der Waals surface area contributed by atoms with Gasteiger partial charge in [-0.1, -0.05) is 20.8 Å². The second kappa shape index (κ2) is 4.53. The number of carbonyl (C=O) groups is 2. The molecule has 2 rings (SSSR count). The molecule has 0 aliphatic carbocycles. The molecule has 18 heavy (non-hydrogen) atoms. The third-order valence-electron chi connectivity index (χ3n) is 3.68. The maximum Gasteiger partial charge on any atom is 0.325 e. The molecule has 1 spiro atoms. The number of urea groups is 1. The molecule has 3 amide bonds. The molecular weight excluding hydrogens is 232 g/mol. The van der Waals surface area contributed by atoms with Gasteiger partial charge >= 0.3 is 6.03 Å². The van der Waals surface area contributed by atoms with Crippen molar-refractivity contribution in [1.82, 2.24) is 10.2 Å². The number of hydrogen-bond donors (Lipinski definition) is 1. The van der Waals surface area contributed by atoms with Crippen molar-refractivity contribution in [3.8, 4) is 0 Å². The molecule has 102 valence electrons. The van der Waals surface area contributed by atoms with Crippen LogP contribution in [0.5, 0.6) is 0 Å². The van der Waals surface area contributed by atoms with Gasteiger partial charge in [0.1, 0.15) is 5.54 Å². The molecule has 0 aromatic heterocycles. The van der Waals surface area contributed by atoms with E-state index in [9.17, 15) is 9.59 Å². The van der Waals surface area contributed by atoms with Gasteiger partial charge in [-0.15, -0.1) is 0 Å². The lowest BCUT2D eigenvalue weighted by atomic mass is 9.89. The molecular formula is C13H22N2O3. The summed E-state index contributed by atoms with van der Waals surface area (Å²) in [6.45, 7) is 7.90. The van der Waals surface area contributed by atoms with Crippen molar-refractivity contribution in [2.45, 2.75) is 45.6 Å². The average molecular weight is 254 g/mol. The average Bonchev–Trinajstić information content (AvgIpc) is 2.49. The van der Waals surface area contributed by atoms with E-state index in [4.69, 9.17) is 4.74 Å². The number of rotatable bonds is 2. The molecule has 2 heterocycles. The molecule has 2 aliphatic heterocycles. The summed E-state index contributed by atoms with van der Waals surface area (Å²) in [4.78, 5) is 25.7. The zero-order chi connectivity index (χ0) is 13.4. The normalized spacial score (nSPS) is 23.6. The lowest BCUT2D eigenvalue weighted by molar-refractivity contribution is -0.134. The van der Waals surface area contributed by atoms with Crippen LogP contribution in [-0.2, 0) is 9.53 Å². The number of nitrogens with one attached hydrogen (secondary N) is 1. The quantitative estimate of drug-likeness (QED) is 0.760. The van der Waals surface area contributed by atoms with Gasteiger partial charge in [-0.05, 0) is 11.8 Å². The van der Waals surface area contributed by atoms with Crippen LogP contribution in [0.4, 0.5) is 4.79 Å². The Hall–Kier alpha value is -1.10. The molecule has 0 aromatic rings. The summed E-state index contributed by atoms with van der Waals surface area (Å²) in [5.74, 6) is -0.0694. The maximum atomic E-state index is 12.4. The van der Waals surface area contributed by atoms with Crippen LogP contribution in [0.25, 0.3) is 0 Å². The Bertz CT molecular complexity index is 354. The van der Waals surface area contributed by atoms with Gasteiger partial charge in [-0.3, -0.25) is 9.69 Å². The minimum Gasteiger partial charge on any atom is -0.381 e. The summed E-state index contributed by atoms with van der Waals surface area (Å²) in [5.41, 5.74) is -0.570. The summed E-state index contributed by atoms with van der Waals surface area (Å²) in [6, 6.07) is -0.244. The predicted octanol–water partition coefficient (Wildman–Crippen LogP) is 1.52. The van der Waals surface area contributed by atoms with Gasteiger partial charge in [0.15, 0.2) is 0 Å². The Labute approximate surface area is 108 Å². The first kappa shape index (κ1) is 13.3. The van der Waals surface area contributed by atoms with Crippen molar-refractivity contribution in [3.05, 3.63) is 0 Å². The number of ether oxygens (including phenoxy) is 1. The van der Waals surface area contributed by atoms with E-state index in [-0.39, 0.29) is 17.4 Å². The zero-order valence-electron chi connectivity index (χ0n) is 11.4. The van der Waals surface area contributed by atoms with Crippen molar-refractivity contribution < 1.29 is 14.3 Å². The zero-order valence-corrected chi connectivity index (χ0v) is 11.4. The number of hydrogen-bond acceptors (Lipinski definition) is 3. The van der Waals surface area contributed by atoms with Gasteiger partial charge in [-0.25, -0.2) is 4.79 Å². The van der Waals surface area contributed by atoms with E-state index >= 15 is 0 Å². The van der Waals surface area contributed by atoms with Crippen molar-refractivity contribution in [3.63, 3.8) is 0 Å². The highest BCUT2D eigenvalue weighted by molar-refractivity contribution is 6.07. The summed E-state index contributed by atoms with van der Waals surface area (Å²) in [7, 11) is 0. The summed E-state index contributed by atoms with van der Waals surface area (Å²) < 4.78 is 5.27. The Morgan fingerprint density at radius 2 is 1.89 bits per heavy atom. The Balaban J connectivity index is 2.05. The second-order valence-corrected chi connectivity index (χ2v) is 6.39. The second-order valence-electron chi connectivity index (χ2n) is 6.39. The van der Waals surface area contributed by atoms with Crippen LogP contribution in [0.15, 0.2) is 0 Å². The first-order chi connectivity index (χ1) is 8.34. The van der Waals surface area contributed by atoms with Gasteiger partial charge in [0.25, 0.3) is 5.91 Å². The van der Waals surface area contributed by atoms with Gasteiger partial charge < -0.3 is 10.1 Å². The lowest BCUT2D eigenvalue weighted by Crippen LogP contribution is -2.51. The monoisotopic (exact) mass is 254 g/mol. The summed E-state index contributed by atoms with van der Waals surface area (Å²) >= 11 is 0. The van der Waals surface area contributed by atoms with E-state index in [0.29, 0.717) is 32.6 Å². The minimum atomic E-state index is -0.687. The molecule has 0 atom stereocenters. The molecule has 0 aromatic carbocycles. The predicted molar refractivity (Wildman–Crippen MR) is 67.1 cm³/mol. The largest absolute Gasteiger partial charge is 0.381 e. The van der Waals surface area contributed by atoms with E-state index in [0.717, 1.165) is 6.42 Å². The molecule has 0 saturated carbocycles. The van der Waals surface area contributed by atoms with Gasteiger partial charge in [0.2, 0.25) is 0 Å². The molecule has 5 nitrogen and oxygen atoms in total. The summed E-state index contributed by atoms with van der Waals surface area (Å²) in [6.07, 6.45) is 1.99. The van der Waals surface area contributed by atoms with E-state index in [2.05, 4.69) is 26.1 Å². The van der Waals surface area contributed by atoms with Gasteiger partial charge in [0.05, 0.1) is 0 Å². The number of imide groups is 1. The van der Waals surface area contributed by atoms with Crippen molar-refractivity contribution >= 4 is 11.9 Å². The Kier molecular flexibility index (Phi) is 3.36. The van der Waals surface area contributed by atoms with E-state index < -0.39 is 5.54 Å². The van der Waals surface area contributed by atoms with Crippen LogP contribution in [0.1, 0.15) is 40.0 Å². The highest BCUT2D eigenvalue weighted by Gasteiger charge is 2.51. The maximum absolute atomic E-state index is 12.4. The van der Waals surface area contributed by atoms with Crippen molar-refractivity contribution in [2.24, 2.45) is 5.41 Å². The molecule has 0 unspecified atom stereocenters. The first-order valence-electron chi connectivity index (χ1n) is 6.56. The molecule has 0 radical (unpaired) electrons. The van der Waals surface area contributed by atoms with E-state index in [1.54, 1.807) is 0 Å². The standard InChI is InChI=1S/C13H22N2O3/c1-12(2,3)4-7-15-10(16)13(14-11(15)17)5-8-18-9-6-13/h4-9H2,1-3H3,(H,14,17). The highest BCUT2D eigenvalue weighted by Crippen LogP contribution is 2.29. The fourth-order valence-electron chi connectivity index (χ4n) is 2.39. The molecule has 5 heteroatoms. The van der Waals surface area contributed by atoms with Crippen molar-refractivity contribution in [2.75, 3.05) is 19.8 Å². The number of amides is 3. The first-order valence-corrected chi connectivity index (χ1v) is 6.56. The SMILES string of the molecule is CC(C)(C)CCN1C(=O)NC2(CCOCC2)C1=O. The van der Waals surface area contributed by atoms with E-state index in [1.807, 2.05) is 0 Å². The van der Waals surface area contributed by atoms with Gasteiger partial charge in [0, 0.05) is 32.6 Å². The smallest absolute Gasteiger partial charge is 0.325 e. The van der Waals surface area contributed by atoms with Crippen LogP contribution in [0.2, 0.25) is 0 Å². The van der Waals surface area contributed by atoms with Crippen LogP contribution < -0.4 is 5.32 Å². The van der Waals surface area contributed by atoms with Crippen LogP contribution >= 0.6 is 0 Å². The highest BCUT2D eigenvalue weighted by atomic mass is 16.5. The topological polar surface area (TPSA) is 58.6 Å². The van der Waals surface area contributed by atoms with Crippen LogP contribution in [0, 0.1) is 5.41 Å². The molecule has 1 N–H and O–H groups in total.